The minimum absolute atomic E-state index is 0.523. The van der Waals surface area contributed by atoms with Crippen LogP contribution < -0.4 is 0 Å². The maximum Gasteiger partial charge on any atom is 0.147 e. The van der Waals surface area contributed by atoms with Crippen LogP contribution in [0.5, 0.6) is 0 Å². The summed E-state index contributed by atoms with van der Waals surface area (Å²) in [4.78, 5) is 0. The second kappa shape index (κ2) is 6.85. The van der Waals surface area contributed by atoms with Gasteiger partial charge in [0.05, 0.1) is 24.3 Å². The van der Waals surface area contributed by atoms with Crippen molar-refractivity contribution >= 4 is 34.4 Å². The van der Waals surface area contributed by atoms with Gasteiger partial charge < -0.3 is 4.42 Å². The number of thioether (sulfide) groups is 1. The maximum absolute atomic E-state index is 6.29. The molecule has 3 aromatic heterocycles. The fraction of sp³-hybridized carbons (Fsp3) is 0.176. The van der Waals surface area contributed by atoms with E-state index in [0.717, 1.165) is 33.1 Å². The fourth-order valence-electron chi connectivity index (χ4n) is 2.51. The third-order valence-electron chi connectivity index (χ3n) is 3.78. The Kier molecular flexibility index (Phi) is 4.42. The molecule has 0 N–H and O–H groups in total. The van der Waals surface area contributed by atoms with Crippen LogP contribution in [0.4, 0.5) is 0 Å². The van der Waals surface area contributed by atoms with Gasteiger partial charge in [0, 0.05) is 5.02 Å². The first-order valence-corrected chi connectivity index (χ1v) is 9.04. The van der Waals surface area contributed by atoms with Gasteiger partial charge in [-0.25, -0.2) is 4.68 Å². The standard InChI is InChI=1S/C17H14ClN5OS/c1-11-15-16(17(21-19-11)25-10-13-6-4-8-24-13)23(22-20-15)9-12-5-2-3-7-14(12)18/h2-8H,9-10H2,1H3. The van der Waals surface area contributed by atoms with Gasteiger partial charge in [-0.05, 0) is 30.7 Å². The van der Waals surface area contributed by atoms with Crippen LogP contribution in [-0.4, -0.2) is 25.2 Å². The molecule has 126 valence electrons. The summed E-state index contributed by atoms with van der Waals surface area (Å²) >= 11 is 7.83. The van der Waals surface area contributed by atoms with Gasteiger partial charge in [-0.1, -0.05) is 46.8 Å². The topological polar surface area (TPSA) is 69.6 Å². The van der Waals surface area contributed by atoms with Gasteiger partial charge in [-0.3, -0.25) is 0 Å². The van der Waals surface area contributed by atoms with Crippen LogP contribution in [0.25, 0.3) is 11.0 Å². The summed E-state index contributed by atoms with van der Waals surface area (Å²) in [6, 6.07) is 11.5. The summed E-state index contributed by atoms with van der Waals surface area (Å²) in [5, 5.41) is 18.6. The molecule has 0 fully saturated rings. The Morgan fingerprint density at radius 1 is 1.12 bits per heavy atom. The van der Waals surface area contributed by atoms with Gasteiger partial charge in [0.15, 0.2) is 0 Å². The molecule has 6 nitrogen and oxygen atoms in total. The molecule has 0 unspecified atom stereocenters. The molecule has 0 aliphatic carbocycles. The monoisotopic (exact) mass is 371 g/mol. The average Bonchev–Trinajstić information content (AvgIpc) is 3.27. The number of furan rings is 1. The summed E-state index contributed by atoms with van der Waals surface area (Å²) in [5.74, 6) is 1.54. The average molecular weight is 372 g/mol. The van der Waals surface area contributed by atoms with Crippen molar-refractivity contribution in [1.29, 1.82) is 0 Å². The number of benzene rings is 1. The molecule has 8 heteroatoms. The molecule has 1 aromatic carbocycles. The molecule has 0 spiro atoms. The summed E-state index contributed by atoms with van der Waals surface area (Å²) in [6.07, 6.45) is 1.66. The number of fused-ring (bicyclic) bond motifs is 1. The third-order valence-corrected chi connectivity index (χ3v) is 5.13. The zero-order chi connectivity index (χ0) is 17.2. The van der Waals surface area contributed by atoms with Crippen LogP contribution in [0.1, 0.15) is 17.0 Å². The van der Waals surface area contributed by atoms with E-state index in [1.165, 1.54) is 0 Å². The lowest BCUT2D eigenvalue weighted by Crippen LogP contribution is -2.04. The summed E-state index contributed by atoms with van der Waals surface area (Å²) < 4.78 is 7.21. The van der Waals surface area contributed by atoms with Crippen LogP contribution >= 0.6 is 23.4 Å². The third kappa shape index (κ3) is 3.25. The molecule has 0 aliphatic heterocycles. The van der Waals surface area contributed by atoms with E-state index in [-0.39, 0.29) is 0 Å². The maximum atomic E-state index is 6.29. The Morgan fingerprint density at radius 2 is 2.00 bits per heavy atom. The van der Waals surface area contributed by atoms with Crippen molar-refractivity contribution in [1.82, 2.24) is 25.2 Å². The molecular formula is C17H14ClN5OS. The van der Waals surface area contributed by atoms with Crippen molar-refractivity contribution in [2.24, 2.45) is 0 Å². The Bertz CT molecular complexity index is 1020. The predicted octanol–water partition coefficient (Wildman–Crippen LogP) is 4.12. The largest absolute Gasteiger partial charge is 0.468 e. The molecule has 0 saturated carbocycles. The Morgan fingerprint density at radius 3 is 2.80 bits per heavy atom. The van der Waals surface area contributed by atoms with Crippen LogP contribution in [0.15, 0.2) is 52.1 Å². The molecule has 25 heavy (non-hydrogen) atoms. The first-order valence-electron chi connectivity index (χ1n) is 7.67. The van der Waals surface area contributed by atoms with Gasteiger partial charge >= 0.3 is 0 Å². The summed E-state index contributed by atoms with van der Waals surface area (Å²) in [6.45, 7) is 2.40. The second-order valence-electron chi connectivity index (χ2n) is 5.49. The number of aryl methyl sites for hydroxylation is 1. The zero-order valence-electron chi connectivity index (χ0n) is 13.4. The van der Waals surface area contributed by atoms with E-state index in [9.17, 15) is 0 Å². The molecule has 4 aromatic rings. The van der Waals surface area contributed by atoms with Crippen LogP contribution in [-0.2, 0) is 12.3 Å². The number of rotatable bonds is 5. The summed E-state index contributed by atoms with van der Waals surface area (Å²) in [5.41, 5.74) is 3.35. The minimum atomic E-state index is 0.523. The van der Waals surface area contributed by atoms with Crippen molar-refractivity contribution < 1.29 is 4.42 Å². The highest BCUT2D eigenvalue weighted by Gasteiger charge is 2.16. The van der Waals surface area contributed by atoms with Gasteiger partial charge in [0.2, 0.25) is 0 Å². The number of halogens is 1. The molecule has 3 heterocycles. The smallest absolute Gasteiger partial charge is 0.147 e. The molecule has 0 radical (unpaired) electrons. The van der Waals surface area contributed by atoms with Gasteiger partial charge in [0.1, 0.15) is 21.8 Å². The van der Waals surface area contributed by atoms with Crippen LogP contribution in [0, 0.1) is 6.92 Å². The highest BCUT2D eigenvalue weighted by molar-refractivity contribution is 7.98. The van der Waals surface area contributed by atoms with Crippen molar-refractivity contribution in [3.8, 4) is 0 Å². The first-order chi connectivity index (χ1) is 12.2. The Balaban J connectivity index is 1.72. The van der Waals surface area contributed by atoms with Gasteiger partial charge in [-0.15, -0.1) is 10.2 Å². The Hall–Kier alpha value is -2.38. The molecule has 0 amide bonds. The van der Waals surface area contributed by atoms with E-state index in [4.69, 9.17) is 16.0 Å². The zero-order valence-corrected chi connectivity index (χ0v) is 15.0. The van der Waals surface area contributed by atoms with E-state index in [2.05, 4.69) is 20.5 Å². The van der Waals surface area contributed by atoms with Crippen molar-refractivity contribution in [3.63, 3.8) is 0 Å². The highest BCUT2D eigenvalue weighted by atomic mass is 35.5. The number of nitrogens with zero attached hydrogens (tertiary/aromatic N) is 5. The number of hydrogen-bond donors (Lipinski definition) is 0. The van der Waals surface area contributed by atoms with E-state index in [0.29, 0.717) is 17.3 Å². The Labute approximate surface area is 153 Å². The fourth-order valence-corrected chi connectivity index (χ4v) is 3.59. The lowest BCUT2D eigenvalue weighted by atomic mass is 10.2. The second-order valence-corrected chi connectivity index (χ2v) is 6.87. The summed E-state index contributed by atoms with van der Waals surface area (Å²) in [7, 11) is 0. The molecule has 0 saturated heterocycles. The first kappa shape index (κ1) is 16.1. The van der Waals surface area contributed by atoms with E-state index in [1.54, 1.807) is 18.0 Å². The molecule has 0 aliphatic rings. The normalized spacial score (nSPS) is 11.3. The molecule has 0 atom stereocenters. The molecular weight excluding hydrogens is 358 g/mol. The van der Waals surface area contributed by atoms with Crippen molar-refractivity contribution in [3.05, 3.63) is 64.7 Å². The van der Waals surface area contributed by atoms with Crippen molar-refractivity contribution in [2.75, 3.05) is 0 Å². The lowest BCUT2D eigenvalue weighted by Gasteiger charge is -2.07. The van der Waals surface area contributed by atoms with Crippen LogP contribution in [0.3, 0.4) is 0 Å². The van der Waals surface area contributed by atoms with E-state index < -0.39 is 0 Å². The number of hydrogen-bond acceptors (Lipinski definition) is 6. The van der Waals surface area contributed by atoms with E-state index >= 15 is 0 Å². The minimum Gasteiger partial charge on any atom is -0.468 e. The van der Waals surface area contributed by atoms with Crippen LogP contribution in [0.2, 0.25) is 5.02 Å². The molecule has 4 rings (SSSR count). The SMILES string of the molecule is Cc1nnc(SCc2ccco2)c2c1nnn2Cc1ccccc1Cl. The number of aromatic nitrogens is 5. The van der Waals surface area contributed by atoms with Gasteiger partial charge in [-0.2, -0.15) is 5.10 Å². The van der Waals surface area contributed by atoms with E-state index in [1.807, 2.05) is 48.0 Å². The lowest BCUT2D eigenvalue weighted by molar-refractivity contribution is 0.530. The van der Waals surface area contributed by atoms with Crippen molar-refractivity contribution in [2.45, 2.75) is 24.2 Å². The predicted molar refractivity (Wildman–Crippen MR) is 96.7 cm³/mol. The molecule has 0 bridgehead atoms. The van der Waals surface area contributed by atoms with Gasteiger partial charge in [0.25, 0.3) is 0 Å². The highest BCUT2D eigenvalue weighted by Crippen LogP contribution is 2.29. The quantitative estimate of drug-likeness (QED) is 0.491.